The first-order chi connectivity index (χ1) is 9.69. The second kappa shape index (κ2) is 6.97. The van der Waals surface area contributed by atoms with Crippen molar-refractivity contribution < 1.29 is 4.92 Å². The number of hydrogen-bond acceptors (Lipinski definition) is 6. The highest BCUT2D eigenvalue weighted by molar-refractivity contribution is 7.99. The second-order valence-corrected chi connectivity index (χ2v) is 5.05. The average molecular weight is 290 g/mol. The molecule has 0 aliphatic heterocycles. The molecule has 1 aromatic carbocycles. The lowest BCUT2D eigenvalue weighted by Gasteiger charge is -2.03. The number of nitrogens with one attached hydrogen (secondary N) is 1. The molecule has 1 N–H and O–H groups in total. The lowest BCUT2D eigenvalue weighted by atomic mass is 10.3. The molecule has 6 nitrogen and oxygen atoms in total. The molecule has 0 aliphatic rings. The van der Waals surface area contributed by atoms with Gasteiger partial charge in [0.25, 0.3) is 5.69 Å². The van der Waals surface area contributed by atoms with Crippen LogP contribution in [-0.4, -0.2) is 21.4 Å². The van der Waals surface area contributed by atoms with Crippen molar-refractivity contribution in [2.75, 3.05) is 6.54 Å². The molecule has 0 saturated heterocycles. The van der Waals surface area contributed by atoms with E-state index >= 15 is 0 Å². The van der Waals surface area contributed by atoms with E-state index in [9.17, 15) is 10.1 Å². The lowest BCUT2D eigenvalue weighted by Crippen LogP contribution is -2.12. The molecule has 0 spiro atoms. The number of nitro benzene ring substituents is 1. The summed E-state index contributed by atoms with van der Waals surface area (Å²) in [5.74, 6) is 0. The Morgan fingerprint density at radius 3 is 2.45 bits per heavy atom. The van der Waals surface area contributed by atoms with Crippen LogP contribution >= 0.6 is 11.8 Å². The molecule has 1 aromatic heterocycles. The average Bonchev–Trinajstić information content (AvgIpc) is 2.47. The lowest BCUT2D eigenvalue weighted by molar-refractivity contribution is -0.384. The molecule has 0 bridgehead atoms. The molecular weight excluding hydrogens is 276 g/mol. The number of benzene rings is 1. The second-order valence-electron chi connectivity index (χ2n) is 4.01. The van der Waals surface area contributed by atoms with Crippen LogP contribution in [0.2, 0.25) is 0 Å². The van der Waals surface area contributed by atoms with Crippen LogP contribution in [0.4, 0.5) is 5.69 Å². The van der Waals surface area contributed by atoms with Gasteiger partial charge in [0.05, 0.1) is 4.92 Å². The number of hydrogen-bond donors (Lipinski definition) is 1. The molecule has 0 amide bonds. The van der Waals surface area contributed by atoms with Crippen LogP contribution < -0.4 is 5.32 Å². The predicted molar refractivity (Wildman–Crippen MR) is 76.6 cm³/mol. The van der Waals surface area contributed by atoms with Gasteiger partial charge in [0, 0.05) is 41.5 Å². The van der Waals surface area contributed by atoms with Crippen molar-refractivity contribution in [3.8, 4) is 0 Å². The molecular formula is C13H14N4O2S. The van der Waals surface area contributed by atoms with Crippen molar-refractivity contribution in [2.45, 2.75) is 23.5 Å². The predicted octanol–water partition coefficient (Wildman–Crippen LogP) is 2.65. The first-order valence-corrected chi connectivity index (χ1v) is 6.94. The van der Waals surface area contributed by atoms with E-state index in [0.29, 0.717) is 5.16 Å². The van der Waals surface area contributed by atoms with Crippen molar-refractivity contribution in [3.05, 3.63) is 52.3 Å². The van der Waals surface area contributed by atoms with Crippen LogP contribution in [0.3, 0.4) is 0 Å². The number of rotatable bonds is 6. The zero-order valence-corrected chi connectivity index (χ0v) is 11.8. The van der Waals surface area contributed by atoms with Gasteiger partial charge in [-0.25, -0.2) is 9.97 Å². The van der Waals surface area contributed by atoms with Gasteiger partial charge >= 0.3 is 0 Å². The normalized spacial score (nSPS) is 10.4. The minimum absolute atomic E-state index is 0.0799. The molecule has 0 aliphatic carbocycles. The smallest absolute Gasteiger partial charge is 0.269 e. The number of aromatic nitrogens is 2. The zero-order valence-electron chi connectivity index (χ0n) is 10.9. The quantitative estimate of drug-likeness (QED) is 0.500. The highest BCUT2D eigenvalue weighted by Gasteiger charge is 2.06. The Hall–Kier alpha value is -1.99. The maximum absolute atomic E-state index is 10.6. The topological polar surface area (TPSA) is 81.0 Å². The third kappa shape index (κ3) is 4.01. The van der Waals surface area contributed by atoms with Crippen LogP contribution in [0, 0.1) is 10.1 Å². The Balaban J connectivity index is 2.00. The SMILES string of the molecule is CCNCc1cnc(Sc2ccc([N+](=O)[O-])cc2)nc1. The molecule has 1 heterocycles. The van der Waals surface area contributed by atoms with Crippen molar-refractivity contribution in [2.24, 2.45) is 0 Å². The Bertz CT molecular complexity index is 572. The summed E-state index contributed by atoms with van der Waals surface area (Å²) in [6, 6.07) is 6.33. The van der Waals surface area contributed by atoms with Crippen molar-refractivity contribution >= 4 is 17.4 Å². The Morgan fingerprint density at radius 1 is 1.25 bits per heavy atom. The number of nitro groups is 1. The largest absolute Gasteiger partial charge is 0.313 e. The fraction of sp³-hybridized carbons (Fsp3) is 0.231. The zero-order chi connectivity index (χ0) is 14.4. The third-order valence-corrected chi connectivity index (χ3v) is 3.42. The van der Waals surface area contributed by atoms with E-state index in [0.717, 1.165) is 23.5 Å². The van der Waals surface area contributed by atoms with Crippen molar-refractivity contribution in [1.29, 1.82) is 0 Å². The maximum atomic E-state index is 10.6. The van der Waals surface area contributed by atoms with Crippen LogP contribution in [0.15, 0.2) is 46.7 Å². The van der Waals surface area contributed by atoms with Crippen LogP contribution in [0.25, 0.3) is 0 Å². The van der Waals surface area contributed by atoms with Crippen molar-refractivity contribution in [1.82, 2.24) is 15.3 Å². The Kier molecular flexibility index (Phi) is 5.03. The van der Waals surface area contributed by atoms with E-state index in [2.05, 4.69) is 15.3 Å². The molecule has 2 rings (SSSR count). The summed E-state index contributed by atoms with van der Waals surface area (Å²) in [6.45, 7) is 3.69. The fourth-order valence-electron chi connectivity index (χ4n) is 1.50. The molecule has 0 saturated carbocycles. The van der Waals surface area contributed by atoms with Crippen molar-refractivity contribution in [3.63, 3.8) is 0 Å². The van der Waals surface area contributed by atoms with Gasteiger partial charge in [-0.15, -0.1) is 0 Å². The summed E-state index contributed by atoms with van der Waals surface area (Å²) in [5.41, 5.74) is 1.11. The van der Waals surface area contributed by atoms with E-state index in [-0.39, 0.29) is 5.69 Å². The minimum Gasteiger partial charge on any atom is -0.313 e. The maximum Gasteiger partial charge on any atom is 0.269 e. The fourth-order valence-corrected chi connectivity index (χ4v) is 2.19. The summed E-state index contributed by atoms with van der Waals surface area (Å²) in [5, 5.41) is 14.4. The molecule has 7 heteroatoms. The van der Waals surface area contributed by atoms with Gasteiger partial charge in [0.15, 0.2) is 5.16 Å². The highest BCUT2D eigenvalue weighted by atomic mass is 32.2. The Labute approximate surface area is 120 Å². The van der Waals surface area contributed by atoms with Gasteiger partial charge in [-0.1, -0.05) is 6.92 Å². The van der Waals surface area contributed by atoms with Gasteiger partial charge in [0.2, 0.25) is 0 Å². The van der Waals surface area contributed by atoms with E-state index in [1.54, 1.807) is 24.5 Å². The first kappa shape index (κ1) is 14.4. The monoisotopic (exact) mass is 290 g/mol. The van der Waals surface area contributed by atoms with Crippen LogP contribution in [-0.2, 0) is 6.54 Å². The molecule has 0 fully saturated rings. The number of nitrogens with zero attached hydrogens (tertiary/aromatic N) is 3. The van der Waals surface area contributed by atoms with Gasteiger partial charge < -0.3 is 5.32 Å². The summed E-state index contributed by atoms with van der Waals surface area (Å²) in [6.07, 6.45) is 3.56. The highest BCUT2D eigenvalue weighted by Crippen LogP contribution is 2.25. The molecule has 2 aromatic rings. The number of non-ortho nitro benzene ring substituents is 1. The summed E-state index contributed by atoms with van der Waals surface area (Å²) < 4.78 is 0. The molecule has 0 unspecified atom stereocenters. The van der Waals surface area contributed by atoms with Gasteiger partial charge in [-0.05, 0) is 30.4 Å². The van der Waals surface area contributed by atoms with E-state index < -0.39 is 4.92 Å². The molecule has 20 heavy (non-hydrogen) atoms. The molecule has 0 atom stereocenters. The van der Waals surface area contributed by atoms with E-state index in [4.69, 9.17) is 0 Å². The minimum atomic E-state index is -0.416. The Morgan fingerprint density at radius 2 is 1.90 bits per heavy atom. The molecule has 104 valence electrons. The van der Waals surface area contributed by atoms with Gasteiger partial charge in [-0.3, -0.25) is 10.1 Å². The van der Waals surface area contributed by atoms with E-state index in [1.165, 1.54) is 23.9 Å². The van der Waals surface area contributed by atoms with E-state index in [1.807, 2.05) is 6.92 Å². The third-order valence-electron chi connectivity index (χ3n) is 2.52. The molecule has 0 radical (unpaired) electrons. The van der Waals surface area contributed by atoms with Crippen LogP contribution in [0.5, 0.6) is 0 Å². The summed E-state index contributed by atoms with van der Waals surface area (Å²) >= 11 is 1.38. The summed E-state index contributed by atoms with van der Waals surface area (Å²) in [7, 11) is 0. The van der Waals surface area contributed by atoms with Gasteiger partial charge in [-0.2, -0.15) is 0 Å². The van der Waals surface area contributed by atoms with Crippen LogP contribution in [0.1, 0.15) is 12.5 Å². The van der Waals surface area contributed by atoms with Gasteiger partial charge in [0.1, 0.15) is 0 Å². The first-order valence-electron chi connectivity index (χ1n) is 6.13. The summed E-state index contributed by atoms with van der Waals surface area (Å²) in [4.78, 5) is 19.5. The standard InChI is InChI=1S/C13H14N4O2S/c1-2-14-7-10-8-15-13(16-9-10)20-12-5-3-11(4-6-12)17(18)19/h3-6,8-9,14H,2,7H2,1H3.